The van der Waals surface area contributed by atoms with Crippen LogP contribution < -0.4 is 10.6 Å². The maximum absolute atomic E-state index is 8.93. The van der Waals surface area contributed by atoms with E-state index in [9.17, 15) is 0 Å². The van der Waals surface area contributed by atoms with E-state index >= 15 is 0 Å². The van der Waals surface area contributed by atoms with Crippen molar-refractivity contribution < 1.29 is 0 Å². The SMILES string of the molecule is CCNC(=NCc1cccc(C#N)c1)NCc1ccc(Cl)cc1. The van der Waals surface area contributed by atoms with Gasteiger partial charge in [-0.25, -0.2) is 4.99 Å². The van der Waals surface area contributed by atoms with Crippen molar-refractivity contribution in [1.82, 2.24) is 10.6 Å². The molecule has 0 heterocycles. The molecule has 0 atom stereocenters. The van der Waals surface area contributed by atoms with E-state index < -0.39 is 0 Å². The monoisotopic (exact) mass is 326 g/mol. The van der Waals surface area contributed by atoms with E-state index in [1.54, 1.807) is 6.07 Å². The predicted octanol–water partition coefficient (Wildman–Crippen LogP) is 3.47. The zero-order chi connectivity index (χ0) is 16.5. The first kappa shape index (κ1) is 16.9. The minimum atomic E-state index is 0.519. The molecule has 23 heavy (non-hydrogen) atoms. The van der Waals surface area contributed by atoms with Crippen LogP contribution >= 0.6 is 11.6 Å². The second-order valence-corrected chi connectivity index (χ2v) is 5.42. The van der Waals surface area contributed by atoms with E-state index in [0.29, 0.717) is 18.7 Å². The summed E-state index contributed by atoms with van der Waals surface area (Å²) < 4.78 is 0. The summed E-state index contributed by atoms with van der Waals surface area (Å²) in [6.45, 7) is 3.99. The van der Waals surface area contributed by atoms with Gasteiger partial charge in [0.05, 0.1) is 18.2 Å². The lowest BCUT2D eigenvalue weighted by Crippen LogP contribution is -2.36. The van der Waals surface area contributed by atoms with Gasteiger partial charge in [-0.3, -0.25) is 0 Å². The molecule has 0 fully saturated rings. The first-order valence-corrected chi connectivity index (χ1v) is 7.84. The Bertz CT molecular complexity index is 702. The summed E-state index contributed by atoms with van der Waals surface area (Å²) in [5.74, 6) is 0.741. The van der Waals surface area contributed by atoms with Gasteiger partial charge in [-0.15, -0.1) is 0 Å². The van der Waals surface area contributed by atoms with Crippen molar-refractivity contribution in [3.63, 3.8) is 0 Å². The van der Waals surface area contributed by atoms with Gasteiger partial charge >= 0.3 is 0 Å². The number of nitrogens with zero attached hydrogens (tertiary/aromatic N) is 2. The van der Waals surface area contributed by atoms with Crippen molar-refractivity contribution in [2.24, 2.45) is 4.99 Å². The summed E-state index contributed by atoms with van der Waals surface area (Å²) in [6.07, 6.45) is 0. The third-order valence-corrected chi connectivity index (χ3v) is 3.45. The molecule has 0 saturated carbocycles. The molecule has 0 aliphatic heterocycles. The fourth-order valence-corrected chi connectivity index (χ4v) is 2.17. The van der Waals surface area contributed by atoms with Gasteiger partial charge in [0.25, 0.3) is 0 Å². The summed E-state index contributed by atoms with van der Waals surface area (Å²) in [5, 5.41) is 16.2. The molecule has 0 aliphatic carbocycles. The van der Waals surface area contributed by atoms with Crippen LogP contribution in [0.25, 0.3) is 0 Å². The molecule has 2 N–H and O–H groups in total. The number of nitriles is 1. The third-order valence-electron chi connectivity index (χ3n) is 3.19. The van der Waals surface area contributed by atoms with Crippen LogP contribution in [0.5, 0.6) is 0 Å². The Hall–Kier alpha value is -2.51. The summed E-state index contributed by atoms with van der Waals surface area (Å²) in [6, 6.07) is 17.3. The topological polar surface area (TPSA) is 60.2 Å². The lowest BCUT2D eigenvalue weighted by Gasteiger charge is -2.11. The van der Waals surface area contributed by atoms with Gasteiger partial charge < -0.3 is 10.6 Å². The highest BCUT2D eigenvalue weighted by molar-refractivity contribution is 6.30. The van der Waals surface area contributed by atoms with E-state index in [1.165, 1.54) is 0 Å². The van der Waals surface area contributed by atoms with Gasteiger partial charge in [-0.1, -0.05) is 35.9 Å². The second kappa shape index (κ2) is 8.82. The molecule has 0 amide bonds. The Morgan fingerprint density at radius 3 is 2.61 bits per heavy atom. The van der Waals surface area contributed by atoms with Crippen molar-refractivity contribution in [2.45, 2.75) is 20.0 Å². The van der Waals surface area contributed by atoms with Crippen molar-refractivity contribution in [3.05, 3.63) is 70.2 Å². The van der Waals surface area contributed by atoms with Gasteiger partial charge in [-0.05, 0) is 42.3 Å². The Kier molecular flexibility index (Phi) is 6.46. The van der Waals surface area contributed by atoms with Crippen LogP contribution in [0.1, 0.15) is 23.6 Å². The number of halogens is 1. The van der Waals surface area contributed by atoms with Gasteiger partial charge in [0, 0.05) is 18.1 Å². The van der Waals surface area contributed by atoms with E-state index in [2.05, 4.69) is 21.7 Å². The Labute approximate surface area is 141 Å². The van der Waals surface area contributed by atoms with Gasteiger partial charge in [-0.2, -0.15) is 5.26 Å². The van der Waals surface area contributed by atoms with Crippen molar-refractivity contribution in [2.75, 3.05) is 6.54 Å². The zero-order valence-corrected chi connectivity index (χ0v) is 13.8. The first-order chi connectivity index (χ1) is 11.2. The highest BCUT2D eigenvalue weighted by atomic mass is 35.5. The van der Waals surface area contributed by atoms with Crippen molar-refractivity contribution >= 4 is 17.6 Å². The normalized spacial score (nSPS) is 10.9. The molecule has 0 saturated heterocycles. The van der Waals surface area contributed by atoms with Crippen LogP contribution in [0, 0.1) is 11.3 Å². The fraction of sp³-hybridized carbons (Fsp3) is 0.222. The molecule has 4 nitrogen and oxygen atoms in total. The molecule has 2 aromatic carbocycles. The van der Waals surface area contributed by atoms with E-state index in [1.807, 2.05) is 49.4 Å². The molecule has 0 aliphatic rings. The van der Waals surface area contributed by atoms with E-state index in [0.717, 1.165) is 28.7 Å². The minimum Gasteiger partial charge on any atom is -0.357 e. The Morgan fingerprint density at radius 1 is 1.13 bits per heavy atom. The average Bonchev–Trinajstić information content (AvgIpc) is 2.59. The minimum absolute atomic E-state index is 0.519. The number of nitrogens with one attached hydrogen (secondary N) is 2. The second-order valence-electron chi connectivity index (χ2n) is 4.99. The summed E-state index contributed by atoms with van der Waals surface area (Å²) in [4.78, 5) is 4.55. The lowest BCUT2D eigenvalue weighted by molar-refractivity contribution is 0.816. The standard InChI is InChI=1S/C18H19ClN4/c1-2-21-18(22-12-14-6-8-17(19)9-7-14)23-13-16-5-3-4-15(10-16)11-20/h3-10H,2,12-13H2,1H3,(H2,21,22,23). The van der Waals surface area contributed by atoms with E-state index in [4.69, 9.17) is 16.9 Å². The molecule has 0 bridgehead atoms. The van der Waals surface area contributed by atoms with Crippen molar-refractivity contribution in [1.29, 1.82) is 5.26 Å². The lowest BCUT2D eigenvalue weighted by atomic mass is 10.1. The number of hydrogen-bond donors (Lipinski definition) is 2. The Balaban J connectivity index is 1.99. The van der Waals surface area contributed by atoms with Crippen LogP contribution in [0.4, 0.5) is 0 Å². The predicted molar refractivity (Wildman–Crippen MR) is 94.3 cm³/mol. The number of rotatable bonds is 5. The van der Waals surface area contributed by atoms with Crippen LogP contribution in [-0.4, -0.2) is 12.5 Å². The number of aliphatic imine (C=N–C) groups is 1. The molecule has 2 aromatic rings. The summed E-state index contributed by atoms with van der Waals surface area (Å²) in [5.41, 5.74) is 2.79. The molecule has 0 unspecified atom stereocenters. The summed E-state index contributed by atoms with van der Waals surface area (Å²) >= 11 is 5.89. The third kappa shape index (κ3) is 5.65. The molecular formula is C18H19ClN4. The fourth-order valence-electron chi connectivity index (χ4n) is 2.04. The zero-order valence-electron chi connectivity index (χ0n) is 13.0. The summed E-state index contributed by atoms with van der Waals surface area (Å²) in [7, 11) is 0. The highest BCUT2D eigenvalue weighted by Gasteiger charge is 2.00. The Morgan fingerprint density at radius 2 is 1.91 bits per heavy atom. The smallest absolute Gasteiger partial charge is 0.191 e. The molecule has 2 rings (SSSR count). The maximum atomic E-state index is 8.93. The molecule has 5 heteroatoms. The van der Waals surface area contributed by atoms with Gasteiger partial charge in [0.15, 0.2) is 5.96 Å². The quantitative estimate of drug-likeness (QED) is 0.653. The largest absolute Gasteiger partial charge is 0.357 e. The van der Waals surface area contributed by atoms with Gasteiger partial charge in [0.2, 0.25) is 0 Å². The first-order valence-electron chi connectivity index (χ1n) is 7.47. The van der Waals surface area contributed by atoms with Crippen LogP contribution in [0.2, 0.25) is 5.02 Å². The number of hydrogen-bond acceptors (Lipinski definition) is 2. The molecule has 0 spiro atoms. The van der Waals surface area contributed by atoms with E-state index in [-0.39, 0.29) is 0 Å². The van der Waals surface area contributed by atoms with Gasteiger partial charge in [0.1, 0.15) is 0 Å². The average molecular weight is 327 g/mol. The molecule has 118 valence electrons. The van der Waals surface area contributed by atoms with Crippen LogP contribution in [0.3, 0.4) is 0 Å². The van der Waals surface area contributed by atoms with Crippen LogP contribution in [-0.2, 0) is 13.1 Å². The molecule has 0 radical (unpaired) electrons. The number of benzene rings is 2. The maximum Gasteiger partial charge on any atom is 0.191 e. The van der Waals surface area contributed by atoms with Crippen LogP contribution in [0.15, 0.2) is 53.5 Å². The van der Waals surface area contributed by atoms with Crippen molar-refractivity contribution in [3.8, 4) is 6.07 Å². The molecule has 0 aromatic heterocycles. The molecular weight excluding hydrogens is 308 g/mol. The highest BCUT2D eigenvalue weighted by Crippen LogP contribution is 2.09. The number of guanidine groups is 1.